The maximum atomic E-state index is 5.10. The summed E-state index contributed by atoms with van der Waals surface area (Å²) in [5.74, 6) is 0.0274. The number of nitrogens with one attached hydrogen (secondary N) is 4. The summed E-state index contributed by atoms with van der Waals surface area (Å²) in [5.41, 5.74) is 8.13. The zero-order valence-corrected chi connectivity index (χ0v) is 15.9. The fourth-order valence-corrected chi connectivity index (χ4v) is 2.09. The Bertz CT molecular complexity index is 614. The standard InChI is InChI=1S/C15H23N7S2/c1-5-12(11-7-6-8-18-9-11)13(20-22-15(24)17-4)10(2)19-21-14(23)16-3/h6-9,12H,5H2,1-4H3,(H2,16,21,23)(H2,17,22,24)/b19-10+,20-13-. The summed E-state index contributed by atoms with van der Waals surface area (Å²) in [4.78, 5) is 4.19. The molecule has 1 unspecified atom stereocenters. The third-order valence-electron chi connectivity index (χ3n) is 3.25. The van der Waals surface area contributed by atoms with Crippen molar-refractivity contribution in [2.24, 2.45) is 10.2 Å². The summed E-state index contributed by atoms with van der Waals surface area (Å²) >= 11 is 10.1. The average molecular weight is 366 g/mol. The monoisotopic (exact) mass is 365 g/mol. The summed E-state index contributed by atoms with van der Waals surface area (Å²) < 4.78 is 0. The van der Waals surface area contributed by atoms with E-state index in [9.17, 15) is 0 Å². The van der Waals surface area contributed by atoms with Crippen LogP contribution in [0.3, 0.4) is 0 Å². The summed E-state index contributed by atoms with van der Waals surface area (Å²) in [6, 6.07) is 3.92. The number of hydrogen-bond acceptors (Lipinski definition) is 5. The SMILES string of the molecule is CCC(C(=N\NC(=S)NC)/C(C)=N/NC(=S)NC)c1cccnc1. The van der Waals surface area contributed by atoms with Crippen LogP contribution in [-0.2, 0) is 0 Å². The zero-order chi connectivity index (χ0) is 17.9. The van der Waals surface area contributed by atoms with Crippen LogP contribution >= 0.6 is 24.4 Å². The van der Waals surface area contributed by atoms with Crippen LogP contribution in [0.2, 0.25) is 0 Å². The van der Waals surface area contributed by atoms with Crippen LogP contribution in [0.1, 0.15) is 31.7 Å². The third kappa shape index (κ3) is 6.17. The number of thiocarbonyl (C=S) groups is 2. The Hall–Kier alpha value is -2.13. The Morgan fingerprint density at radius 1 is 1.17 bits per heavy atom. The highest BCUT2D eigenvalue weighted by atomic mass is 32.1. The number of pyridine rings is 1. The highest BCUT2D eigenvalue weighted by Crippen LogP contribution is 2.21. The number of nitrogens with zero attached hydrogens (tertiary/aromatic N) is 3. The van der Waals surface area contributed by atoms with Crippen molar-refractivity contribution in [3.63, 3.8) is 0 Å². The van der Waals surface area contributed by atoms with Gasteiger partial charge in [-0.1, -0.05) is 13.0 Å². The Morgan fingerprint density at radius 2 is 1.79 bits per heavy atom. The maximum Gasteiger partial charge on any atom is 0.186 e. The van der Waals surface area contributed by atoms with Gasteiger partial charge in [0.25, 0.3) is 0 Å². The van der Waals surface area contributed by atoms with Gasteiger partial charge in [-0.3, -0.25) is 15.8 Å². The van der Waals surface area contributed by atoms with Crippen LogP contribution in [0.25, 0.3) is 0 Å². The Labute approximate surface area is 153 Å². The Balaban J connectivity index is 3.16. The number of hydrazone groups is 2. The van der Waals surface area contributed by atoms with Gasteiger partial charge in [-0.15, -0.1) is 0 Å². The van der Waals surface area contributed by atoms with E-state index in [0.717, 1.165) is 17.7 Å². The van der Waals surface area contributed by atoms with Gasteiger partial charge in [0.05, 0.1) is 11.4 Å². The maximum absolute atomic E-state index is 5.10. The van der Waals surface area contributed by atoms with Crippen molar-refractivity contribution in [2.45, 2.75) is 26.2 Å². The molecule has 7 nitrogen and oxygen atoms in total. The number of hydrogen-bond donors (Lipinski definition) is 4. The van der Waals surface area contributed by atoms with E-state index in [1.54, 1.807) is 20.3 Å². The second kappa shape index (κ2) is 10.6. The predicted octanol–water partition coefficient (Wildman–Crippen LogP) is 1.49. The molecule has 0 saturated carbocycles. The zero-order valence-electron chi connectivity index (χ0n) is 14.3. The lowest BCUT2D eigenvalue weighted by molar-refractivity contribution is 0.827. The van der Waals surface area contributed by atoms with Crippen molar-refractivity contribution in [1.82, 2.24) is 26.5 Å². The molecule has 24 heavy (non-hydrogen) atoms. The Kier molecular flexibility index (Phi) is 8.80. The van der Waals surface area contributed by atoms with Gasteiger partial charge in [-0.2, -0.15) is 10.2 Å². The van der Waals surface area contributed by atoms with E-state index in [1.807, 2.05) is 25.3 Å². The highest BCUT2D eigenvalue weighted by molar-refractivity contribution is 7.80. The van der Waals surface area contributed by atoms with Gasteiger partial charge in [-0.25, -0.2) is 0 Å². The molecular weight excluding hydrogens is 342 g/mol. The van der Waals surface area contributed by atoms with Gasteiger partial charge in [-0.05, 0) is 49.4 Å². The first kappa shape index (κ1) is 19.9. The molecule has 1 rings (SSSR count). The van der Waals surface area contributed by atoms with E-state index < -0.39 is 0 Å². The van der Waals surface area contributed by atoms with E-state index in [4.69, 9.17) is 24.4 Å². The van der Waals surface area contributed by atoms with E-state index in [0.29, 0.717) is 15.9 Å². The molecule has 1 atom stereocenters. The van der Waals surface area contributed by atoms with Crippen molar-refractivity contribution in [2.75, 3.05) is 14.1 Å². The smallest absolute Gasteiger partial charge is 0.186 e. The van der Waals surface area contributed by atoms with Crippen LogP contribution in [0, 0.1) is 0 Å². The van der Waals surface area contributed by atoms with Gasteiger partial charge >= 0.3 is 0 Å². The molecule has 0 spiro atoms. The first-order chi connectivity index (χ1) is 11.5. The fraction of sp³-hybridized carbons (Fsp3) is 0.400. The van der Waals surface area contributed by atoms with Crippen LogP contribution < -0.4 is 21.5 Å². The van der Waals surface area contributed by atoms with Gasteiger partial charge < -0.3 is 10.6 Å². The molecule has 0 amide bonds. The molecule has 1 aromatic rings. The number of aromatic nitrogens is 1. The van der Waals surface area contributed by atoms with Crippen molar-refractivity contribution < 1.29 is 0 Å². The van der Waals surface area contributed by atoms with E-state index in [-0.39, 0.29) is 5.92 Å². The van der Waals surface area contributed by atoms with E-state index in [2.05, 4.69) is 43.6 Å². The van der Waals surface area contributed by atoms with Gasteiger partial charge in [0.1, 0.15) is 0 Å². The third-order valence-corrected chi connectivity index (χ3v) is 3.84. The lowest BCUT2D eigenvalue weighted by Gasteiger charge is -2.18. The molecule has 0 fully saturated rings. The molecule has 0 aliphatic carbocycles. The topological polar surface area (TPSA) is 85.7 Å². The molecule has 0 bridgehead atoms. The minimum absolute atomic E-state index is 0.0274. The van der Waals surface area contributed by atoms with Crippen LogP contribution in [0.4, 0.5) is 0 Å². The second-order valence-corrected chi connectivity index (χ2v) is 5.64. The highest BCUT2D eigenvalue weighted by Gasteiger charge is 2.20. The first-order valence-electron chi connectivity index (χ1n) is 7.51. The molecule has 0 radical (unpaired) electrons. The minimum Gasteiger partial charge on any atom is -0.364 e. The van der Waals surface area contributed by atoms with Crippen LogP contribution in [0.5, 0.6) is 0 Å². The fourth-order valence-electron chi connectivity index (χ4n) is 1.99. The minimum atomic E-state index is 0.0274. The van der Waals surface area contributed by atoms with Crippen molar-refractivity contribution in [3.05, 3.63) is 30.1 Å². The molecular formula is C15H23N7S2. The molecule has 1 heterocycles. The molecule has 0 aliphatic rings. The van der Waals surface area contributed by atoms with Crippen LogP contribution in [0.15, 0.2) is 34.7 Å². The predicted molar refractivity (Wildman–Crippen MR) is 107 cm³/mol. The van der Waals surface area contributed by atoms with Crippen molar-refractivity contribution in [3.8, 4) is 0 Å². The van der Waals surface area contributed by atoms with E-state index in [1.165, 1.54) is 0 Å². The average Bonchev–Trinajstić information content (AvgIpc) is 2.63. The summed E-state index contributed by atoms with van der Waals surface area (Å²) in [5, 5.41) is 15.3. The summed E-state index contributed by atoms with van der Waals surface area (Å²) in [6.07, 6.45) is 4.41. The van der Waals surface area contributed by atoms with Gasteiger partial charge in [0, 0.05) is 32.4 Å². The van der Waals surface area contributed by atoms with Crippen LogP contribution in [-0.4, -0.2) is 40.7 Å². The molecule has 9 heteroatoms. The summed E-state index contributed by atoms with van der Waals surface area (Å²) in [6.45, 7) is 3.95. The van der Waals surface area contributed by atoms with Crippen molar-refractivity contribution >= 4 is 46.1 Å². The molecule has 0 aromatic carbocycles. The van der Waals surface area contributed by atoms with E-state index >= 15 is 0 Å². The molecule has 1 aromatic heterocycles. The van der Waals surface area contributed by atoms with Crippen molar-refractivity contribution in [1.29, 1.82) is 0 Å². The van der Waals surface area contributed by atoms with Gasteiger partial charge in [0.2, 0.25) is 0 Å². The molecule has 0 saturated heterocycles. The second-order valence-electron chi connectivity index (χ2n) is 4.82. The quantitative estimate of drug-likeness (QED) is 0.345. The lowest BCUT2D eigenvalue weighted by atomic mass is 9.90. The largest absolute Gasteiger partial charge is 0.364 e. The molecule has 0 aliphatic heterocycles. The molecule has 4 N–H and O–H groups in total. The van der Waals surface area contributed by atoms with Gasteiger partial charge in [0.15, 0.2) is 10.2 Å². The first-order valence-corrected chi connectivity index (χ1v) is 8.32. The number of rotatable bonds is 6. The Morgan fingerprint density at radius 3 is 2.29 bits per heavy atom. The molecule has 130 valence electrons. The summed E-state index contributed by atoms with van der Waals surface area (Å²) in [7, 11) is 3.46. The normalized spacial score (nSPS) is 13.0. The lowest BCUT2D eigenvalue weighted by Crippen LogP contribution is -2.34.